The van der Waals surface area contributed by atoms with Gasteiger partial charge in [-0.1, -0.05) is 79.6 Å². The average Bonchev–Trinajstić information content (AvgIpc) is 3.37. The number of aliphatic hydroxyl groups is 1. The van der Waals surface area contributed by atoms with E-state index in [4.69, 9.17) is 0 Å². The minimum atomic E-state index is -0.835. The molecule has 4 heteroatoms. The highest BCUT2D eigenvalue weighted by Gasteiger charge is 2.23. The molecule has 1 aliphatic carbocycles. The maximum Gasteiger partial charge on any atom is 0.335 e. The molecule has 0 unspecified atom stereocenters. The van der Waals surface area contributed by atoms with E-state index in [0.717, 1.165) is 48.1 Å². The van der Waals surface area contributed by atoms with Gasteiger partial charge in [-0.05, 0) is 65.6 Å². The number of benzene rings is 3. The third kappa shape index (κ3) is 5.45. The standard InChI is InChI=1S/C28H31NO3/c30-27(23-8-2-1-3-9-23)19-29-17-16-20-10-12-21(13-11-20)24-14-15-25(28(31)32)26(18-24)22-6-4-5-7-22/h1-3,8-15,18,22,27,29-30H,4-7,16-17,19H2,(H,31,32)/t27-/m1/s1. The number of hydrogen-bond acceptors (Lipinski definition) is 3. The number of hydrogen-bond donors (Lipinski definition) is 3. The molecular weight excluding hydrogens is 398 g/mol. The molecule has 166 valence electrons. The minimum absolute atomic E-state index is 0.359. The Kier molecular flexibility index (Phi) is 7.35. The highest BCUT2D eigenvalue weighted by Crippen LogP contribution is 2.37. The highest BCUT2D eigenvalue weighted by molar-refractivity contribution is 5.90. The number of carboxylic acids is 1. The van der Waals surface area contributed by atoms with Crippen LogP contribution in [0.2, 0.25) is 0 Å². The van der Waals surface area contributed by atoms with Crippen LogP contribution in [0, 0.1) is 0 Å². The van der Waals surface area contributed by atoms with Crippen molar-refractivity contribution in [2.75, 3.05) is 13.1 Å². The predicted molar refractivity (Wildman–Crippen MR) is 128 cm³/mol. The second kappa shape index (κ2) is 10.6. The first-order chi connectivity index (χ1) is 15.6. The predicted octanol–water partition coefficient (Wildman–Crippen LogP) is 5.58. The molecule has 0 saturated heterocycles. The fraction of sp³-hybridized carbons (Fsp3) is 0.321. The first-order valence-electron chi connectivity index (χ1n) is 11.5. The summed E-state index contributed by atoms with van der Waals surface area (Å²) in [5, 5.41) is 23.2. The molecule has 1 saturated carbocycles. The fourth-order valence-electron chi connectivity index (χ4n) is 4.64. The lowest BCUT2D eigenvalue weighted by Crippen LogP contribution is -2.23. The summed E-state index contributed by atoms with van der Waals surface area (Å²) in [4.78, 5) is 11.7. The monoisotopic (exact) mass is 429 g/mol. The summed E-state index contributed by atoms with van der Waals surface area (Å²) in [6.07, 6.45) is 4.90. The Balaban J connectivity index is 1.36. The zero-order valence-corrected chi connectivity index (χ0v) is 18.3. The van der Waals surface area contributed by atoms with Crippen molar-refractivity contribution in [2.45, 2.75) is 44.1 Å². The molecule has 1 aliphatic rings. The van der Waals surface area contributed by atoms with Crippen molar-refractivity contribution < 1.29 is 15.0 Å². The number of rotatable bonds is 9. The molecule has 0 heterocycles. The first kappa shape index (κ1) is 22.3. The van der Waals surface area contributed by atoms with Crippen molar-refractivity contribution in [1.82, 2.24) is 5.32 Å². The summed E-state index contributed by atoms with van der Waals surface area (Å²) in [7, 11) is 0. The number of carbonyl (C=O) groups is 1. The van der Waals surface area contributed by atoms with Crippen molar-refractivity contribution in [2.24, 2.45) is 0 Å². The van der Waals surface area contributed by atoms with Gasteiger partial charge in [-0.25, -0.2) is 4.79 Å². The number of nitrogens with one attached hydrogen (secondary N) is 1. The Morgan fingerprint density at radius 3 is 2.31 bits per heavy atom. The van der Waals surface area contributed by atoms with Gasteiger partial charge in [0.15, 0.2) is 0 Å². The van der Waals surface area contributed by atoms with Gasteiger partial charge >= 0.3 is 5.97 Å². The number of aliphatic hydroxyl groups excluding tert-OH is 1. The third-order valence-corrected chi connectivity index (χ3v) is 6.48. The van der Waals surface area contributed by atoms with E-state index in [0.29, 0.717) is 18.0 Å². The van der Waals surface area contributed by atoms with Gasteiger partial charge in [0.25, 0.3) is 0 Å². The van der Waals surface area contributed by atoms with Crippen molar-refractivity contribution in [3.8, 4) is 11.1 Å². The zero-order chi connectivity index (χ0) is 22.3. The molecule has 32 heavy (non-hydrogen) atoms. The summed E-state index contributed by atoms with van der Waals surface area (Å²) in [6, 6.07) is 24.0. The molecule has 0 aliphatic heterocycles. The van der Waals surface area contributed by atoms with Gasteiger partial charge in [0, 0.05) is 6.54 Å². The fourth-order valence-corrected chi connectivity index (χ4v) is 4.64. The van der Waals surface area contributed by atoms with E-state index in [-0.39, 0.29) is 0 Å². The molecule has 1 atom stereocenters. The van der Waals surface area contributed by atoms with Crippen molar-refractivity contribution >= 4 is 5.97 Å². The van der Waals surface area contributed by atoms with E-state index in [1.54, 1.807) is 6.07 Å². The van der Waals surface area contributed by atoms with E-state index in [1.165, 1.54) is 18.4 Å². The molecule has 4 nitrogen and oxygen atoms in total. The van der Waals surface area contributed by atoms with E-state index in [2.05, 4.69) is 35.6 Å². The van der Waals surface area contributed by atoms with Crippen LogP contribution < -0.4 is 5.32 Å². The quantitative estimate of drug-likeness (QED) is 0.389. The van der Waals surface area contributed by atoms with E-state index in [1.807, 2.05) is 36.4 Å². The largest absolute Gasteiger partial charge is 0.478 e. The van der Waals surface area contributed by atoms with Gasteiger partial charge < -0.3 is 15.5 Å². The van der Waals surface area contributed by atoms with Crippen LogP contribution in [0.25, 0.3) is 11.1 Å². The SMILES string of the molecule is O=C(O)c1ccc(-c2ccc(CCNC[C@@H](O)c3ccccc3)cc2)cc1C1CCCC1. The molecule has 3 aromatic rings. The van der Waals surface area contributed by atoms with Gasteiger partial charge in [-0.15, -0.1) is 0 Å². The summed E-state index contributed by atoms with van der Waals surface area (Å²) in [5.41, 5.74) is 5.77. The van der Waals surface area contributed by atoms with Crippen LogP contribution in [-0.4, -0.2) is 29.3 Å². The van der Waals surface area contributed by atoms with Gasteiger partial charge in [0.05, 0.1) is 11.7 Å². The van der Waals surface area contributed by atoms with Crippen LogP contribution in [0.1, 0.15) is 64.8 Å². The highest BCUT2D eigenvalue weighted by atomic mass is 16.4. The second-order valence-corrected chi connectivity index (χ2v) is 8.67. The maximum absolute atomic E-state index is 11.7. The van der Waals surface area contributed by atoms with Gasteiger partial charge in [-0.2, -0.15) is 0 Å². The number of carboxylic acid groups (broad SMARTS) is 1. The Morgan fingerprint density at radius 2 is 1.62 bits per heavy atom. The summed E-state index contributed by atoms with van der Waals surface area (Å²) < 4.78 is 0. The minimum Gasteiger partial charge on any atom is -0.478 e. The molecule has 3 N–H and O–H groups in total. The first-order valence-corrected chi connectivity index (χ1v) is 11.5. The van der Waals surface area contributed by atoms with Gasteiger partial charge in [0.1, 0.15) is 0 Å². The molecular formula is C28H31NO3. The zero-order valence-electron chi connectivity index (χ0n) is 18.3. The molecule has 0 aromatic heterocycles. The van der Waals surface area contributed by atoms with Crippen LogP contribution in [-0.2, 0) is 6.42 Å². The van der Waals surface area contributed by atoms with E-state index >= 15 is 0 Å². The normalized spacial score (nSPS) is 15.0. The number of aromatic carboxylic acids is 1. The summed E-state index contributed by atoms with van der Waals surface area (Å²) in [6.45, 7) is 1.32. The Bertz CT molecular complexity index is 1020. The van der Waals surface area contributed by atoms with Gasteiger partial charge in [0.2, 0.25) is 0 Å². The Hall–Kier alpha value is -2.95. The summed E-state index contributed by atoms with van der Waals surface area (Å²) in [5.74, 6) is -0.476. The maximum atomic E-state index is 11.7. The molecule has 0 radical (unpaired) electrons. The Labute approximate surface area is 189 Å². The average molecular weight is 430 g/mol. The lowest BCUT2D eigenvalue weighted by molar-refractivity contribution is 0.0695. The van der Waals surface area contributed by atoms with E-state index < -0.39 is 12.1 Å². The van der Waals surface area contributed by atoms with Crippen LogP contribution in [0.4, 0.5) is 0 Å². The Morgan fingerprint density at radius 1 is 0.938 bits per heavy atom. The lowest BCUT2D eigenvalue weighted by atomic mass is 9.89. The molecule has 0 spiro atoms. The molecule has 4 rings (SSSR count). The molecule has 0 bridgehead atoms. The van der Waals surface area contributed by atoms with Crippen LogP contribution >= 0.6 is 0 Å². The van der Waals surface area contributed by atoms with Crippen LogP contribution in [0.3, 0.4) is 0 Å². The van der Waals surface area contributed by atoms with Crippen LogP contribution in [0.15, 0.2) is 72.8 Å². The lowest BCUT2D eigenvalue weighted by Gasteiger charge is -2.15. The molecule has 3 aromatic carbocycles. The topological polar surface area (TPSA) is 69.6 Å². The smallest absolute Gasteiger partial charge is 0.335 e. The van der Waals surface area contributed by atoms with Gasteiger partial charge in [-0.3, -0.25) is 0 Å². The summed E-state index contributed by atoms with van der Waals surface area (Å²) >= 11 is 0. The van der Waals surface area contributed by atoms with E-state index in [9.17, 15) is 15.0 Å². The van der Waals surface area contributed by atoms with Crippen molar-refractivity contribution in [3.63, 3.8) is 0 Å². The second-order valence-electron chi connectivity index (χ2n) is 8.67. The van der Waals surface area contributed by atoms with Crippen molar-refractivity contribution in [1.29, 1.82) is 0 Å². The molecule has 1 fully saturated rings. The van der Waals surface area contributed by atoms with Crippen LogP contribution in [0.5, 0.6) is 0 Å². The van der Waals surface area contributed by atoms with Crippen molar-refractivity contribution in [3.05, 3.63) is 95.1 Å². The third-order valence-electron chi connectivity index (χ3n) is 6.48. The molecule has 0 amide bonds.